The van der Waals surface area contributed by atoms with E-state index in [0.717, 1.165) is 9.35 Å². The van der Waals surface area contributed by atoms with Gasteiger partial charge in [-0.3, -0.25) is 0 Å². The molecule has 0 spiro atoms. The van der Waals surface area contributed by atoms with E-state index in [9.17, 15) is 8.42 Å². The third kappa shape index (κ3) is 2.50. The molecule has 1 aliphatic rings. The van der Waals surface area contributed by atoms with E-state index in [1.807, 2.05) is 13.0 Å². The van der Waals surface area contributed by atoms with Gasteiger partial charge in [-0.25, -0.2) is 8.42 Å². The smallest absolute Gasteiger partial charge is 0.150 e. The lowest BCUT2D eigenvalue weighted by molar-refractivity contribution is 0.486. The second kappa shape index (κ2) is 4.40. The second-order valence-corrected chi connectivity index (χ2v) is 8.61. The number of hydrogen-bond donors (Lipinski definition) is 1. The zero-order valence-corrected chi connectivity index (χ0v) is 12.2. The van der Waals surface area contributed by atoms with E-state index in [2.05, 4.69) is 15.9 Å². The Kier molecular flexibility index (Phi) is 3.45. The number of rotatable bonds is 2. The summed E-state index contributed by atoms with van der Waals surface area (Å²) in [6.45, 7) is 2.02. The van der Waals surface area contributed by atoms with Crippen molar-refractivity contribution in [2.24, 2.45) is 11.7 Å². The minimum atomic E-state index is -2.84. The van der Waals surface area contributed by atoms with Crippen LogP contribution in [0.2, 0.25) is 0 Å². The molecule has 3 nitrogen and oxygen atoms in total. The van der Waals surface area contributed by atoms with E-state index >= 15 is 0 Å². The maximum atomic E-state index is 11.4. The summed E-state index contributed by atoms with van der Waals surface area (Å²) in [6, 6.07) is 1.86. The maximum Gasteiger partial charge on any atom is 0.150 e. The molecule has 1 aromatic rings. The zero-order valence-electron chi connectivity index (χ0n) is 8.94. The normalized spacial score (nSPS) is 25.8. The highest BCUT2D eigenvalue weighted by molar-refractivity contribution is 9.10. The van der Waals surface area contributed by atoms with Crippen molar-refractivity contribution in [3.63, 3.8) is 0 Å². The van der Waals surface area contributed by atoms with Gasteiger partial charge in [0.15, 0.2) is 9.84 Å². The standard InChI is InChI=1S/C10H14BrNO2S2/c1-6-8(11)4-9(15-6)10(12)7-2-3-16(13,14)5-7/h4,7,10H,2-3,5,12H2,1H3. The van der Waals surface area contributed by atoms with Gasteiger partial charge in [0.05, 0.1) is 11.5 Å². The van der Waals surface area contributed by atoms with Crippen molar-refractivity contribution in [3.8, 4) is 0 Å². The fourth-order valence-electron chi connectivity index (χ4n) is 1.99. The highest BCUT2D eigenvalue weighted by atomic mass is 79.9. The molecule has 1 aromatic heterocycles. The first-order valence-corrected chi connectivity index (χ1v) is 8.54. The molecule has 2 rings (SSSR count). The van der Waals surface area contributed by atoms with Gasteiger partial charge < -0.3 is 5.73 Å². The van der Waals surface area contributed by atoms with Crippen molar-refractivity contribution < 1.29 is 8.42 Å². The Bertz CT molecular complexity index is 475. The Morgan fingerprint density at radius 1 is 1.62 bits per heavy atom. The van der Waals surface area contributed by atoms with Crippen LogP contribution in [0.4, 0.5) is 0 Å². The van der Waals surface area contributed by atoms with Crippen molar-refractivity contribution >= 4 is 37.1 Å². The summed E-state index contributed by atoms with van der Waals surface area (Å²) in [6.07, 6.45) is 0.693. The number of hydrogen-bond acceptors (Lipinski definition) is 4. The van der Waals surface area contributed by atoms with Crippen molar-refractivity contribution in [3.05, 3.63) is 20.3 Å². The van der Waals surface area contributed by atoms with Crippen LogP contribution < -0.4 is 5.73 Å². The van der Waals surface area contributed by atoms with Crippen LogP contribution in [0.15, 0.2) is 10.5 Å². The lowest BCUT2D eigenvalue weighted by Gasteiger charge is -2.15. The molecule has 2 N–H and O–H groups in total. The lowest BCUT2D eigenvalue weighted by Crippen LogP contribution is -2.21. The first-order valence-electron chi connectivity index (χ1n) is 5.11. The van der Waals surface area contributed by atoms with Crippen LogP contribution in [0.1, 0.15) is 22.2 Å². The predicted octanol–water partition coefficient (Wildman–Crippen LogP) is 2.25. The van der Waals surface area contributed by atoms with Crippen LogP contribution >= 0.6 is 27.3 Å². The number of sulfone groups is 1. The van der Waals surface area contributed by atoms with Crippen molar-refractivity contribution in [1.82, 2.24) is 0 Å². The van der Waals surface area contributed by atoms with Crippen LogP contribution in [0.25, 0.3) is 0 Å². The molecule has 2 heterocycles. The molecule has 90 valence electrons. The Balaban J connectivity index is 2.17. The highest BCUT2D eigenvalue weighted by Gasteiger charge is 2.33. The summed E-state index contributed by atoms with van der Waals surface area (Å²) >= 11 is 5.09. The highest BCUT2D eigenvalue weighted by Crippen LogP contribution is 2.36. The third-order valence-electron chi connectivity index (χ3n) is 2.98. The van der Waals surface area contributed by atoms with Gasteiger partial charge in [0.2, 0.25) is 0 Å². The van der Waals surface area contributed by atoms with Crippen LogP contribution in [0, 0.1) is 12.8 Å². The number of nitrogens with two attached hydrogens (primary N) is 1. The molecule has 1 aliphatic heterocycles. The molecule has 2 atom stereocenters. The molecule has 2 unspecified atom stereocenters. The Hall–Kier alpha value is 0.0900. The van der Waals surface area contributed by atoms with Gasteiger partial charge in [0.25, 0.3) is 0 Å². The second-order valence-electron chi connectivity index (χ2n) is 4.24. The van der Waals surface area contributed by atoms with Crippen molar-refractivity contribution in [2.75, 3.05) is 11.5 Å². The van der Waals surface area contributed by atoms with E-state index in [-0.39, 0.29) is 23.5 Å². The van der Waals surface area contributed by atoms with Crippen LogP contribution in [0.3, 0.4) is 0 Å². The van der Waals surface area contributed by atoms with E-state index < -0.39 is 9.84 Å². The third-order valence-corrected chi connectivity index (χ3v) is 7.01. The molecule has 0 aliphatic carbocycles. The predicted molar refractivity (Wildman–Crippen MR) is 70.4 cm³/mol. The molecule has 0 aromatic carbocycles. The van der Waals surface area contributed by atoms with Gasteiger partial charge in [0.1, 0.15) is 0 Å². The SMILES string of the molecule is Cc1sc(C(N)C2CCS(=O)(=O)C2)cc1Br. The molecular weight excluding hydrogens is 310 g/mol. The fourth-order valence-corrected chi connectivity index (χ4v) is 5.50. The number of aryl methyl sites for hydroxylation is 1. The zero-order chi connectivity index (χ0) is 11.9. The Labute approximate surface area is 108 Å². The molecule has 0 amide bonds. The summed E-state index contributed by atoms with van der Waals surface area (Å²) < 4.78 is 23.8. The Morgan fingerprint density at radius 3 is 2.75 bits per heavy atom. The summed E-state index contributed by atoms with van der Waals surface area (Å²) in [7, 11) is -2.84. The van der Waals surface area contributed by atoms with Gasteiger partial charge in [0, 0.05) is 20.3 Å². The summed E-state index contributed by atoms with van der Waals surface area (Å²) in [5.74, 6) is 0.606. The van der Waals surface area contributed by atoms with E-state index in [1.54, 1.807) is 11.3 Å². The molecule has 1 fully saturated rings. The van der Waals surface area contributed by atoms with Crippen molar-refractivity contribution in [1.29, 1.82) is 0 Å². The van der Waals surface area contributed by atoms with Gasteiger partial charge in [-0.2, -0.15) is 0 Å². The quantitative estimate of drug-likeness (QED) is 0.908. The summed E-state index contributed by atoms with van der Waals surface area (Å²) in [4.78, 5) is 2.26. The number of halogens is 1. The average molecular weight is 324 g/mol. The van der Waals surface area contributed by atoms with Gasteiger partial charge >= 0.3 is 0 Å². The number of thiophene rings is 1. The summed E-state index contributed by atoms with van der Waals surface area (Å²) in [5.41, 5.74) is 6.13. The van der Waals surface area contributed by atoms with E-state index in [1.165, 1.54) is 4.88 Å². The fraction of sp³-hybridized carbons (Fsp3) is 0.600. The average Bonchev–Trinajstić information content (AvgIpc) is 2.70. The van der Waals surface area contributed by atoms with Gasteiger partial charge in [-0.1, -0.05) is 0 Å². The first-order chi connectivity index (χ1) is 7.39. The van der Waals surface area contributed by atoms with Gasteiger partial charge in [-0.05, 0) is 41.3 Å². The van der Waals surface area contributed by atoms with Crippen molar-refractivity contribution in [2.45, 2.75) is 19.4 Å². The van der Waals surface area contributed by atoms with E-state index in [4.69, 9.17) is 5.73 Å². The summed E-state index contributed by atoms with van der Waals surface area (Å²) in [5, 5.41) is 0. The molecule has 0 bridgehead atoms. The molecular formula is C10H14BrNO2S2. The molecule has 0 saturated carbocycles. The molecule has 16 heavy (non-hydrogen) atoms. The minimum Gasteiger partial charge on any atom is -0.323 e. The van der Waals surface area contributed by atoms with Crippen LogP contribution in [-0.4, -0.2) is 19.9 Å². The van der Waals surface area contributed by atoms with E-state index in [0.29, 0.717) is 6.42 Å². The largest absolute Gasteiger partial charge is 0.323 e. The monoisotopic (exact) mass is 323 g/mol. The van der Waals surface area contributed by atoms with Gasteiger partial charge in [-0.15, -0.1) is 11.3 Å². The lowest BCUT2D eigenvalue weighted by atomic mass is 9.99. The first kappa shape index (κ1) is 12.5. The van der Waals surface area contributed by atoms with Crippen LogP contribution in [0.5, 0.6) is 0 Å². The molecule has 1 saturated heterocycles. The minimum absolute atomic E-state index is 0.0787. The Morgan fingerprint density at radius 2 is 2.31 bits per heavy atom. The topological polar surface area (TPSA) is 60.2 Å². The maximum absolute atomic E-state index is 11.4. The molecule has 6 heteroatoms. The van der Waals surface area contributed by atoms with Crippen LogP contribution in [-0.2, 0) is 9.84 Å². The molecule has 0 radical (unpaired) electrons.